The lowest BCUT2D eigenvalue weighted by Crippen LogP contribution is -2.64. The Balaban J connectivity index is 1.69. The van der Waals surface area contributed by atoms with Gasteiger partial charge in [0.15, 0.2) is 0 Å². The maximum absolute atomic E-state index is 12.1. The van der Waals surface area contributed by atoms with Crippen LogP contribution in [0.3, 0.4) is 0 Å². The molecule has 26 heavy (non-hydrogen) atoms. The number of nitriles is 1. The van der Waals surface area contributed by atoms with E-state index >= 15 is 0 Å². The molecule has 8 heteroatoms. The number of sulfonamides is 1. The van der Waals surface area contributed by atoms with Crippen LogP contribution < -0.4 is 0 Å². The Bertz CT molecular complexity index is 1100. The molecular weight excluding hydrogens is 350 g/mol. The van der Waals surface area contributed by atoms with E-state index in [9.17, 15) is 13.7 Å². The molecule has 0 bridgehead atoms. The van der Waals surface area contributed by atoms with Crippen LogP contribution in [0.1, 0.15) is 13.3 Å². The molecule has 1 N–H and O–H groups in total. The maximum Gasteiger partial charge on any atom is 0.213 e. The predicted molar refractivity (Wildman–Crippen MR) is 98.8 cm³/mol. The number of rotatable bonds is 5. The summed E-state index contributed by atoms with van der Waals surface area (Å²) in [5, 5.41) is 14.8. The molecule has 0 atom stereocenters. The van der Waals surface area contributed by atoms with Gasteiger partial charge in [0.05, 0.1) is 24.4 Å². The molecule has 1 aliphatic heterocycles. The van der Waals surface area contributed by atoms with Crippen molar-refractivity contribution in [3.8, 4) is 17.2 Å². The van der Waals surface area contributed by atoms with E-state index in [-0.39, 0.29) is 25.3 Å². The summed E-state index contributed by atoms with van der Waals surface area (Å²) in [6.07, 6.45) is 5.81. The quantitative estimate of drug-likeness (QED) is 0.746. The fraction of sp³-hybridized carbons (Fsp3) is 0.333. The molecule has 3 heterocycles. The number of hydrogen-bond donors (Lipinski definition) is 1. The zero-order valence-corrected chi connectivity index (χ0v) is 15.2. The van der Waals surface area contributed by atoms with Crippen LogP contribution in [-0.2, 0) is 15.6 Å². The molecular formula is C18H19N5O2S. The van der Waals surface area contributed by atoms with E-state index in [2.05, 4.69) is 16.2 Å². The number of fused-ring (bicyclic) bond motifs is 1. The highest BCUT2D eigenvalue weighted by Gasteiger charge is 2.49. The monoisotopic (exact) mass is 369 g/mol. The number of benzene rings is 1. The third kappa shape index (κ3) is 2.52. The summed E-state index contributed by atoms with van der Waals surface area (Å²) in [5.74, 6) is 0.0650. The SMILES string of the molecule is CCS(=O)(=O)N1CC(CC#N)(n2cc(-c3cccc4[nH]ccc34)cn2)C1. The highest BCUT2D eigenvalue weighted by molar-refractivity contribution is 7.89. The van der Waals surface area contributed by atoms with Crippen molar-refractivity contribution in [3.63, 3.8) is 0 Å². The Hall–Kier alpha value is -2.63. The molecule has 1 saturated heterocycles. The lowest BCUT2D eigenvalue weighted by atomic mass is 9.89. The first kappa shape index (κ1) is 16.8. The first-order chi connectivity index (χ1) is 12.5. The van der Waals surface area contributed by atoms with Gasteiger partial charge in [-0.15, -0.1) is 0 Å². The maximum atomic E-state index is 12.1. The van der Waals surface area contributed by atoms with E-state index in [1.807, 2.05) is 36.7 Å². The topological polar surface area (TPSA) is 94.8 Å². The van der Waals surface area contributed by atoms with Gasteiger partial charge in [0.2, 0.25) is 10.0 Å². The van der Waals surface area contributed by atoms with Gasteiger partial charge in [-0.25, -0.2) is 8.42 Å². The molecule has 0 unspecified atom stereocenters. The van der Waals surface area contributed by atoms with Crippen molar-refractivity contribution >= 4 is 20.9 Å². The lowest BCUT2D eigenvalue weighted by molar-refractivity contribution is 0.0719. The van der Waals surface area contributed by atoms with E-state index in [4.69, 9.17) is 0 Å². The van der Waals surface area contributed by atoms with Crippen molar-refractivity contribution < 1.29 is 8.42 Å². The van der Waals surface area contributed by atoms with Gasteiger partial charge in [-0.05, 0) is 24.6 Å². The summed E-state index contributed by atoms with van der Waals surface area (Å²) in [6.45, 7) is 2.20. The zero-order chi connectivity index (χ0) is 18.4. The van der Waals surface area contributed by atoms with E-state index in [0.717, 1.165) is 22.0 Å². The minimum Gasteiger partial charge on any atom is -0.361 e. The lowest BCUT2D eigenvalue weighted by Gasteiger charge is -2.47. The van der Waals surface area contributed by atoms with E-state index in [0.29, 0.717) is 0 Å². The fourth-order valence-corrected chi connectivity index (χ4v) is 4.77. The number of aromatic amines is 1. The number of nitrogens with one attached hydrogen (secondary N) is 1. The first-order valence-corrected chi connectivity index (χ1v) is 10.1. The Morgan fingerprint density at radius 1 is 1.35 bits per heavy atom. The highest BCUT2D eigenvalue weighted by atomic mass is 32.2. The van der Waals surface area contributed by atoms with Crippen molar-refractivity contribution in [2.24, 2.45) is 0 Å². The summed E-state index contributed by atoms with van der Waals surface area (Å²) < 4.78 is 27.3. The van der Waals surface area contributed by atoms with Gasteiger partial charge in [0, 0.05) is 41.9 Å². The molecule has 4 rings (SSSR count). The van der Waals surface area contributed by atoms with Gasteiger partial charge in [-0.3, -0.25) is 4.68 Å². The van der Waals surface area contributed by atoms with Gasteiger partial charge in [-0.1, -0.05) is 12.1 Å². The summed E-state index contributed by atoms with van der Waals surface area (Å²) in [7, 11) is -3.25. The molecule has 1 fully saturated rings. The number of hydrogen-bond acceptors (Lipinski definition) is 4. The van der Waals surface area contributed by atoms with E-state index in [1.165, 1.54) is 4.31 Å². The molecule has 2 aromatic heterocycles. The van der Waals surface area contributed by atoms with Crippen LogP contribution in [0.25, 0.3) is 22.0 Å². The Morgan fingerprint density at radius 2 is 2.15 bits per heavy atom. The summed E-state index contributed by atoms with van der Waals surface area (Å²) in [4.78, 5) is 3.19. The van der Waals surface area contributed by atoms with Crippen molar-refractivity contribution in [1.82, 2.24) is 19.1 Å². The summed E-state index contributed by atoms with van der Waals surface area (Å²) >= 11 is 0. The molecule has 3 aromatic rings. The Labute approximate surface area is 151 Å². The number of H-pyrrole nitrogens is 1. The summed E-state index contributed by atoms with van der Waals surface area (Å²) in [6, 6.07) is 10.2. The smallest absolute Gasteiger partial charge is 0.213 e. The minimum absolute atomic E-state index is 0.0650. The van der Waals surface area contributed by atoms with Gasteiger partial charge >= 0.3 is 0 Å². The molecule has 0 radical (unpaired) electrons. The predicted octanol–water partition coefficient (Wildman–Crippen LogP) is 2.31. The van der Waals surface area contributed by atoms with Crippen LogP contribution in [0.4, 0.5) is 0 Å². The molecule has 0 aliphatic carbocycles. The molecule has 0 saturated carbocycles. The van der Waals surface area contributed by atoms with Gasteiger partial charge in [0.25, 0.3) is 0 Å². The van der Waals surface area contributed by atoms with Gasteiger partial charge < -0.3 is 4.98 Å². The Morgan fingerprint density at radius 3 is 2.88 bits per heavy atom. The average Bonchev–Trinajstić information content (AvgIpc) is 3.26. The van der Waals surface area contributed by atoms with Crippen LogP contribution in [-0.4, -0.2) is 46.3 Å². The van der Waals surface area contributed by atoms with E-state index in [1.54, 1.807) is 17.8 Å². The van der Waals surface area contributed by atoms with Gasteiger partial charge in [-0.2, -0.15) is 14.7 Å². The second kappa shape index (κ2) is 5.97. The van der Waals surface area contributed by atoms with Crippen LogP contribution >= 0.6 is 0 Å². The fourth-order valence-electron chi connectivity index (χ4n) is 3.53. The average molecular weight is 369 g/mol. The highest BCUT2D eigenvalue weighted by Crippen LogP contribution is 2.36. The normalized spacial score (nSPS) is 17.1. The molecule has 134 valence electrons. The van der Waals surface area contributed by atoms with Crippen molar-refractivity contribution in [2.45, 2.75) is 18.9 Å². The first-order valence-electron chi connectivity index (χ1n) is 8.45. The number of aromatic nitrogens is 3. The third-order valence-corrected chi connectivity index (χ3v) is 6.86. The largest absolute Gasteiger partial charge is 0.361 e. The van der Waals surface area contributed by atoms with Crippen LogP contribution in [0.2, 0.25) is 0 Å². The standard InChI is InChI=1S/C18H19N5O2S/c1-2-26(24,25)22-12-18(13-22,7-8-19)23-11-14(10-21-23)15-4-3-5-17-16(15)6-9-20-17/h3-6,9-11,20H,2,7,12-13H2,1H3. The molecule has 7 nitrogen and oxygen atoms in total. The zero-order valence-electron chi connectivity index (χ0n) is 14.4. The van der Waals surface area contributed by atoms with Crippen molar-refractivity contribution in [2.75, 3.05) is 18.8 Å². The van der Waals surface area contributed by atoms with Gasteiger partial charge in [0.1, 0.15) is 5.54 Å². The Kier molecular flexibility index (Phi) is 3.86. The number of nitrogens with zero attached hydrogens (tertiary/aromatic N) is 4. The minimum atomic E-state index is -3.25. The van der Waals surface area contributed by atoms with Crippen LogP contribution in [0.15, 0.2) is 42.9 Å². The van der Waals surface area contributed by atoms with Crippen LogP contribution in [0.5, 0.6) is 0 Å². The molecule has 0 spiro atoms. The van der Waals surface area contributed by atoms with Crippen molar-refractivity contribution in [1.29, 1.82) is 5.26 Å². The van der Waals surface area contributed by atoms with Crippen LogP contribution in [0, 0.1) is 11.3 Å². The van der Waals surface area contributed by atoms with E-state index < -0.39 is 15.6 Å². The second-order valence-electron chi connectivity index (χ2n) is 6.65. The molecule has 1 aromatic carbocycles. The summed E-state index contributed by atoms with van der Waals surface area (Å²) in [5.41, 5.74) is 2.45. The third-order valence-electron chi connectivity index (χ3n) is 5.08. The second-order valence-corrected chi connectivity index (χ2v) is 8.90. The van der Waals surface area contributed by atoms with Crippen molar-refractivity contribution in [3.05, 3.63) is 42.9 Å². The molecule has 1 aliphatic rings. The molecule has 0 amide bonds.